The Morgan fingerprint density at radius 2 is 1.97 bits per heavy atom. The predicted octanol–water partition coefficient (Wildman–Crippen LogP) is 3.39. The van der Waals surface area contributed by atoms with E-state index in [9.17, 15) is 9.59 Å². The monoisotopic (exact) mass is 455 g/mol. The second-order valence-electron chi connectivity index (χ2n) is 7.39. The first kappa shape index (κ1) is 25.9. The molecule has 1 aliphatic carbocycles. The second-order valence-corrected chi connectivity index (χ2v) is 7.39. The van der Waals surface area contributed by atoms with Crippen LogP contribution in [0.25, 0.3) is 0 Å². The third-order valence-electron chi connectivity index (χ3n) is 5.35. The fourth-order valence-corrected chi connectivity index (χ4v) is 3.77. The Morgan fingerprint density at radius 1 is 1.20 bits per heavy atom. The number of imidazole rings is 1. The van der Waals surface area contributed by atoms with E-state index in [-0.39, 0.29) is 42.7 Å². The molecule has 0 saturated heterocycles. The lowest BCUT2D eigenvalue weighted by atomic mass is 9.84. The number of nitrogens with two attached hydrogens (primary N) is 1. The van der Waals surface area contributed by atoms with E-state index in [4.69, 9.17) is 5.73 Å². The molecule has 1 saturated carbocycles. The van der Waals surface area contributed by atoms with Crippen molar-refractivity contribution in [2.45, 2.75) is 51.1 Å². The van der Waals surface area contributed by atoms with E-state index >= 15 is 0 Å². The van der Waals surface area contributed by atoms with Gasteiger partial charge < -0.3 is 20.9 Å². The van der Waals surface area contributed by atoms with Gasteiger partial charge in [0.15, 0.2) is 0 Å². The van der Waals surface area contributed by atoms with E-state index in [1.54, 1.807) is 36.8 Å². The molecule has 1 aliphatic rings. The highest BCUT2D eigenvalue weighted by molar-refractivity contribution is 5.97. The highest BCUT2D eigenvalue weighted by Gasteiger charge is 2.24. The normalized spacial score (nSPS) is 14.7. The Bertz CT molecular complexity index is 779. The van der Waals surface area contributed by atoms with E-state index in [0.29, 0.717) is 36.7 Å². The number of hydrogen-bond donors (Lipinski definition) is 3. The van der Waals surface area contributed by atoms with E-state index in [1.807, 2.05) is 10.8 Å². The van der Waals surface area contributed by atoms with Crippen LogP contribution in [0, 0.1) is 5.92 Å². The van der Waals surface area contributed by atoms with Gasteiger partial charge in [-0.3, -0.25) is 9.59 Å². The van der Waals surface area contributed by atoms with Gasteiger partial charge in [-0.2, -0.15) is 0 Å². The van der Waals surface area contributed by atoms with Crippen molar-refractivity contribution in [1.82, 2.24) is 14.9 Å². The summed E-state index contributed by atoms with van der Waals surface area (Å²) in [5.74, 6) is 0.206. The lowest BCUT2D eigenvalue weighted by Gasteiger charge is -2.30. The van der Waals surface area contributed by atoms with Gasteiger partial charge in [0.2, 0.25) is 5.91 Å². The Balaban J connectivity index is 0.00000225. The third-order valence-corrected chi connectivity index (χ3v) is 5.35. The number of nitrogens with one attached hydrogen (secondary N) is 2. The minimum Gasteiger partial charge on any atom is -0.348 e. The first-order valence-electron chi connectivity index (χ1n) is 10.0. The molecule has 30 heavy (non-hydrogen) atoms. The van der Waals surface area contributed by atoms with E-state index in [0.717, 1.165) is 12.8 Å². The number of carbonyl (C=O) groups is 2. The van der Waals surface area contributed by atoms with Crippen molar-refractivity contribution in [1.29, 1.82) is 0 Å². The maximum atomic E-state index is 12.7. The van der Waals surface area contributed by atoms with Crippen LogP contribution in [0.3, 0.4) is 0 Å². The summed E-state index contributed by atoms with van der Waals surface area (Å²) < 4.78 is 1.85. The minimum atomic E-state index is -0.143. The number of benzene rings is 1. The molecule has 1 atom stereocenters. The van der Waals surface area contributed by atoms with Crippen molar-refractivity contribution in [3.05, 3.63) is 48.5 Å². The number of anilines is 1. The quantitative estimate of drug-likeness (QED) is 0.567. The summed E-state index contributed by atoms with van der Waals surface area (Å²) in [6, 6.07) is 7.02. The summed E-state index contributed by atoms with van der Waals surface area (Å²) in [5, 5.41) is 5.94. The zero-order chi connectivity index (χ0) is 19.8. The summed E-state index contributed by atoms with van der Waals surface area (Å²) >= 11 is 0. The Kier molecular flexibility index (Phi) is 11.5. The van der Waals surface area contributed by atoms with Crippen LogP contribution in [0.5, 0.6) is 0 Å². The summed E-state index contributed by atoms with van der Waals surface area (Å²) in [6.07, 6.45) is 11.4. The van der Waals surface area contributed by atoms with Crippen molar-refractivity contribution in [3.63, 3.8) is 0 Å². The molecule has 2 amide bonds. The topological polar surface area (TPSA) is 102 Å². The largest absolute Gasteiger partial charge is 0.348 e. The lowest BCUT2D eigenvalue weighted by molar-refractivity contribution is -0.116. The smallest absolute Gasteiger partial charge is 0.251 e. The fourth-order valence-electron chi connectivity index (χ4n) is 3.77. The molecular weight excluding hydrogens is 425 g/mol. The number of carbonyl (C=O) groups excluding carboxylic acids is 2. The van der Waals surface area contributed by atoms with Crippen LogP contribution < -0.4 is 16.4 Å². The minimum absolute atomic E-state index is 0. The van der Waals surface area contributed by atoms with Gasteiger partial charge in [-0.25, -0.2) is 4.98 Å². The molecule has 9 heteroatoms. The van der Waals surface area contributed by atoms with Crippen molar-refractivity contribution >= 4 is 42.3 Å². The summed E-state index contributed by atoms with van der Waals surface area (Å²) in [5.41, 5.74) is 7.07. The van der Waals surface area contributed by atoms with Crippen LogP contribution in [0.1, 0.15) is 48.9 Å². The maximum absolute atomic E-state index is 12.7. The van der Waals surface area contributed by atoms with E-state index in [2.05, 4.69) is 15.6 Å². The molecule has 3 rings (SSSR count). The van der Waals surface area contributed by atoms with Gasteiger partial charge in [-0.05, 0) is 37.0 Å². The van der Waals surface area contributed by atoms with Crippen LogP contribution in [0.2, 0.25) is 0 Å². The van der Waals surface area contributed by atoms with Crippen LogP contribution in [-0.4, -0.2) is 34.0 Å². The molecule has 1 heterocycles. The Hall–Kier alpha value is -2.09. The molecule has 166 valence electrons. The molecule has 0 aliphatic heterocycles. The molecule has 0 spiro atoms. The number of halogens is 2. The molecular formula is C21H31Cl2N5O2. The number of rotatable bonds is 8. The Morgan fingerprint density at radius 3 is 2.63 bits per heavy atom. The number of aryl methyl sites for hydroxylation is 1. The van der Waals surface area contributed by atoms with Gasteiger partial charge in [-0.1, -0.05) is 25.3 Å². The SMILES string of the molecule is Cl.Cl.NCC(NC(=O)c1cccc(NC(=O)CCn2ccnc2)c1)C1CCCCC1. The molecule has 0 bridgehead atoms. The first-order valence-corrected chi connectivity index (χ1v) is 10.0. The summed E-state index contributed by atoms with van der Waals surface area (Å²) in [6.45, 7) is 1.01. The average Bonchev–Trinajstić information content (AvgIpc) is 3.25. The molecule has 1 fully saturated rings. The fraction of sp³-hybridized carbons (Fsp3) is 0.476. The van der Waals surface area contributed by atoms with Crippen LogP contribution >= 0.6 is 24.8 Å². The summed E-state index contributed by atoms with van der Waals surface area (Å²) in [4.78, 5) is 28.8. The van der Waals surface area contributed by atoms with Crippen molar-refractivity contribution in [2.24, 2.45) is 11.7 Å². The number of aromatic nitrogens is 2. The van der Waals surface area contributed by atoms with E-state index < -0.39 is 0 Å². The van der Waals surface area contributed by atoms with Crippen LogP contribution in [0.4, 0.5) is 5.69 Å². The van der Waals surface area contributed by atoms with Gasteiger partial charge in [0.25, 0.3) is 5.91 Å². The molecule has 1 aromatic heterocycles. The average molecular weight is 456 g/mol. The van der Waals surface area contributed by atoms with Crippen LogP contribution in [0.15, 0.2) is 43.0 Å². The highest BCUT2D eigenvalue weighted by Crippen LogP contribution is 2.26. The molecule has 4 N–H and O–H groups in total. The molecule has 2 aromatic rings. The molecule has 0 radical (unpaired) electrons. The molecule has 7 nitrogen and oxygen atoms in total. The number of amides is 2. The highest BCUT2D eigenvalue weighted by atomic mass is 35.5. The number of hydrogen-bond acceptors (Lipinski definition) is 4. The van der Waals surface area contributed by atoms with Crippen molar-refractivity contribution < 1.29 is 9.59 Å². The maximum Gasteiger partial charge on any atom is 0.251 e. The lowest BCUT2D eigenvalue weighted by Crippen LogP contribution is -2.45. The Labute approximate surface area is 190 Å². The van der Waals surface area contributed by atoms with Crippen molar-refractivity contribution in [2.75, 3.05) is 11.9 Å². The standard InChI is InChI=1S/C21H29N5O2.2ClH/c22-14-19(16-5-2-1-3-6-16)25-21(28)17-7-4-8-18(13-17)24-20(27)9-11-26-12-10-23-15-26;;/h4,7-8,10,12-13,15-16,19H,1-3,5-6,9,11,14,22H2,(H,24,27)(H,25,28);2*1H. The predicted molar refractivity (Wildman–Crippen MR) is 123 cm³/mol. The zero-order valence-corrected chi connectivity index (χ0v) is 18.6. The van der Waals surface area contributed by atoms with Gasteiger partial charge in [0, 0.05) is 49.2 Å². The second kappa shape index (κ2) is 13.3. The third kappa shape index (κ3) is 7.63. The van der Waals surface area contributed by atoms with Crippen molar-refractivity contribution in [3.8, 4) is 0 Å². The van der Waals surface area contributed by atoms with Gasteiger partial charge in [0.1, 0.15) is 0 Å². The van der Waals surface area contributed by atoms with Crippen LogP contribution in [-0.2, 0) is 11.3 Å². The van der Waals surface area contributed by atoms with Gasteiger partial charge in [-0.15, -0.1) is 24.8 Å². The summed E-state index contributed by atoms with van der Waals surface area (Å²) in [7, 11) is 0. The van der Waals surface area contributed by atoms with E-state index in [1.165, 1.54) is 19.3 Å². The first-order chi connectivity index (χ1) is 13.7. The number of nitrogens with zero attached hydrogens (tertiary/aromatic N) is 2. The van der Waals surface area contributed by atoms with Gasteiger partial charge >= 0.3 is 0 Å². The van der Waals surface area contributed by atoms with Gasteiger partial charge in [0.05, 0.1) is 6.33 Å². The molecule has 1 unspecified atom stereocenters. The zero-order valence-electron chi connectivity index (χ0n) is 17.0. The molecule has 1 aromatic carbocycles.